The standard InChI is InChI=1S/C18H32N2O3/c1-18(2,3)23-17(22)20-14-5-6-15(20)10-13(9-14)19-11-12-4-7-16(21)8-12/h12-16,19,21H,4-11H2,1-3H3. The molecule has 5 nitrogen and oxygen atoms in total. The van der Waals surface area contributed by atoms with E-state index in [1.165, 1.54) is 0 Å². The summed E-state index contributed by atoms with van der Waals surface area (Å²) >= 11 is 0. The smallest absolute Gasteiger partial charge is 0.410 e. The third-order valence-corrected chi connectivity index (χ3v) is 5.55. The number of fused-ring (bicyclic) bond motifs is 2. The van der Waals surface area contributed by atoms with E-state index >= 15 is 0 Å². The number of aliphatic hydroxyl groups is 1. The first-order valence-corrected chi connectivity index (χ1v) is 9.24. The molecule has 0 spiro atoms. The van der Waals surface area contributed by atoms with Gasteiger partial charge in [-0.3, -0.25) is 0 Å². The Kier molecular flexibility index (Phi) is 4.88. The summed E-state index contributed by atoms with van der Waals surface area (Å²) in [6.07, 6.45) is 7.07. The molecule has 2 saturated heterocycles. The summed E-state index contributed by atoms with van der Waals surface area (Å²) in [4.78, 5) is 14.4. The van der Waals surface area contributed by atoms with Crippen LogP contribution in [-0.2, 0) is 4.74 Å². The summed E-state index contributed by atoms with van der Waals surface area (Å²) in [6.45, 7) is 6.79. The lowest BCUT2D eigenvalue weighted by atomic mass is 9.96. The summed E-state index contributed by atoms with van der Waals surface area (Å²) in [7, 11) is 0. The van der Waals surface area contributed by atoms with E-state index in [-0.39, 0.29) is 12.2 Å². The Balaban J connectivity index is 1.49. The molecule has 2 N–H and O–H groups in total. The van der Waals surface area contributed by atoms with Crippen LogP contribution < -0.4 is 5.32 Å². The van der Waals surface area contributed by atoms with Crippen LogP contribution in [0.5, 0.6) is 0 Å². The number of rotatable bonds is 3. The number of carbonyl (C=O) groups excluding carboxylic acids is 1. The minimum Gasteiger partial charge on any atom is -0.444 e. The number of carbonyl (C=O) groups is 1. The predicted octanol–water partition coefficient (Wildman–Crippen LogP) is 2.67. The summed E-state index contributed by atoms with van der Waals surface area (Å²) in [5.74, 6) is 0.617. The predicted molar refractivity (Wildman–Crippen MR) is 89.3 cm³/mol. The maximum absolute atomic E-state index is 12.4. The topological polar surface area (TPSA) is 61.8 Å². The Bertz CT molecular complexity index is 420. The lowest BCUT2D eigenvalue weighted by Crippen LogP contribution is -2.53. The summed E-state index contributed by atoms with van der Waals surface area (Å²) in [5, 5.41) is 13.3. The molecule has 0 aromatic rings. The first-order chi connectivity index (χ1) is 10.8. The summed E-state index contributed by atoms with van der Waals surface area (Å²) < 4.78 is 5.59. The van der Waals surface area contributed by atoms with Gasteiger partial charge in [-0.05, 0) is 78.2 Å². The van der Waals surface area contributed by atoms with Crippen LogP contribution in [0.4, 0.5) is 4.79 Å². The molecule has 3 aliphatic rings. The molecule has 2 bridgehead atoms. The second kappa shape index (κ2) is 6.60. The van der Waals surface area contributed by atoms with Crippen LogP contribution in [0.25, 0.3) is 0 Å². The number of hydrogen-bond donors (Lipinski definition) is 2. The number of nitrogens with one attached hydrogen (secondary N) is 1. The summed E-state index contributed by atoms with van der Waals surface area (Å²) in [5.41, 5.74) is -0.422. The van der Waals surface area contributed by atoms with Crippen LogP contribution in [0.3, 0.4) is 0 Å². The Morgan fingerprint density at radius 3 is 2.30 bits per heavy atom. The zero-order chi connectivity index (χ0) is 16.6. The Morgan fingerprint density at radius 1 is 1.13 bits per heavy atom. The molecule has 5 heteroatoms. The SMILES string of the molecule is CC(C)(C)OC(=O)N1C2CCC1CC(NCC1CCC(O)C1)C2. The van der Waals surface area contributed by atoms with Crippen molar-refractivity contribution in [3.63, 3.8) is 0 Å². The Hall–Kier alpha value is -0.810. The molecule has 0 aromatic heterocycles. The van der Waals surface area contributed by atoms with Gasteiger partial charge in [0.1, 0.15) is 5.60 Å². The number of amides is 1. The molecular weight excluding hydrogens is 292 g/mol. The second-order valence-corrected chi connectivity index (χ2v) is 8.68. The van der Waals surface area contributed by atoms with Gasteiger partial charge in [0, 0.05) is 18.1 Å². The van der Waals surface area contributed by atoms with Crippen molar-refractivity contribution in [2.75, 3.05) is 6.54 Å². The van der Waals surface area contributed by atoms with E-state index in [0.29, 0.717) is 24.0 Å². The summed E-state index contributed by atoms with van der Waals surface area (Å²) in [6, 6.07) is 1.16. The third kappa shape index (κ3) is 4.18. The normalized spacial score (nSPS) is 37.2. The van der Waals surface area contributed by atoms with E-state index in [0.717, 1.165) is 51.5 Å². The lowest BCUT2D eigenvalue weighted by molar-refractivity contribution is 0.00457. The van der Waals surface area contributed by atoms with E-state index in [1.807, 2.05) is 25.7 Å². The monoisotopic (exact) mass is 324 g/mol. The van der Waals surface area contributed by atoms with Gasteiger partial charge in [-0.2, -0.15) is 0 Å². The molecule has 4 atom stereocenters. The minimum absolute atomic E-state index is 0.0907. The lowest BCUT2D eigenvalue weighted by Gasteiger charge is -2.40. The van der Waals surface area contributed by atoms with Crippen LogP contribution in [0.15, 0.2) is 0 Å². The third-order valence-electron chi connectivity index (χ3n) is 5.55. The number of aliphatic hydroxyl groups excluding tert-OH is 1. The molecule has 0 aromatic carbocycles. The molecule has 1 saturated carbocycles. The van der Waals surface area contributed by atoms with Crippen molar-refractivity contribution in [2.45, 2.75) is 95.5 Å². The second-order valence-electron chi connectivity index (χ2n) is 8.68. The van der Waals surface area contributed by atoms with Crippen molar-refractivity contribution in [3.8, 4) is 0 Å². The molecule has 132 valence electrons. The highest BCUT2D eigenvalue weighted by molar-refractivity contribution is 5.69. The van der Waals surface area contributed by atoms with Crippen molar-refractivity contribution in [1.29, 1.82) is 0 Å². The maximum Gasteiger partial charge on any atom is 0.410 e. The zero-order valence-corrected chi connectivity index (χ0v) is 14.8. The van der Waals surface area contributed by atoms with Crippen LogP contribution in [0.2, 0.25) is 0 Å². The minimum atomic E-state index is -0.422. The number of piperidine rings is 1. The van der Waals surface area contributed by atoms with E-state index in [2.05, 4.69) is 5.32 Å². The highest BCUT2D eigenvalue weighted by atomic mass is 16.6. The van der Waals surface area contributed by atoms with E-state index in [1.54, 1.807) is 0 Å². The fourth-order valence-electron chi connectivity index (χ4n) is 4.52. The van der Waals surface area contributed by atoms with Crippen molar-refractivity contribution in [2.24, 2.45) is 5.92 Å². The average Bonchev–Trinajstić information content (AvgIpc) is 2.96. The van der Waals surface area contributed by atoms with E-state index < -0.39 is 5.60 Å². The molecule has 2 aliphatic heterocycles. The molecule has 1 amide bonds. The van der Waals surface area contributed by atoms with Gasteiger partial charge in [0.15, 0.2) is 0 Å². The van der Waals surface area contributed by atoms with Crippen LogP contribution >= 0.6 is 0 Å². The fraction of sp³-hybridized carbons (Fsp3) is 0.944. The van der Waals surface area contributed by atoms with Gasteiger partial charge in [-0.15, -0.1) is 0 Å². The van der Waals surface area contributed by atoms with Crippen LogP contribution in [0, 0.1) is 5.92 Å². The molecule has 4 unspecified atom stereocenters. The molecule has 0 radical (unpaired) electrons. The van der Waals surface area contributed by atoms with Gasteiger partial charge in [0.05, 0.1) is 6.10 Å². The molecule has 1 aliphatic carbocycles. The van der Waals surface area contributed by atoms with E-state index in [9.17, 15) is 9.90 Å². The van der Waals surface area contributed by atoms with Gasteiger partial charge >= 0.3 is 6.09 Å². The first-order valence-electron chi connectivity index (χ1n) is 9.24. The van der Waals surface area contributed by atoms with Gasteiger partial charge in [0.2, 0.25) is 0 Å². The van der Waals surface area contributed by atoms with Crippen molar-refractivity contribution in [1.82, 2.24) is 10.2 Å². The van der Waals surface area contributed by atoms with Gasteiger partial charge in [-0.25, -0.2) is 4.79 Å². The highest BCUT2D eigenvalue weighted by Gasteiger charge is 2.44. The molecule has 23 heavy (non-hydrogen) atoms. The van der Waals surface area contributed by atoms with Crippen molar-refractivity contribution >= 4 is 6.09 Å². The zero-order valence-electron chi connectivity index (χ0n) is 14.8. The fourth-order valence-corrected chi connectivity index (χ4v) is 4.52. The number of hydrogen-bond acceptors (Lipinski definition) is 4. The molecule has 3 rings (SSSR count). The molecule has 3 fully saturated rings. The van der Waals surface area contributed by atoms with Gasteiger partial charge in [-0.1, -0.05) is 0 Å². The molecular formula is C18H32N2O3. The highest BCUT2D eigenvalue weighted by Crippen LogP contribution is 2.37. The molecule has 2 heterocycles. The number of ether oxygens (including phenoxy) is 1. The quantitative estimate of drug-likeness (QED) is 0.838. The van der Waals surface area contributed by atoms with Crippen LogP contribution in [0.1, 0.15) is 65.7 Å². The maximum atomic E-state index is 12.4. The Labute approximate surface area is 139 Å². The number of nitrogens with zero attached hydrogens (tertiary/aromatic N) is 1. The van der Waals surface area contributed by atoms with E-state index in [4.69, 9.17) is 4.74 Å². The largest absolute Gasteiger partial charge is 0.444 e. The van der Waals surface area contributed by atoms with Crippen molar-refractivity contribution in [3.05, 3.63) is 0 Å². The van der Waals surface area contributed by atoms with Gasteiger partial charge in [0.25, 0.3) is 0 Å². The Morgan fingerprint density at radius 2 is 1.78 bits per heavy atom. The van der Waals surface area contributed by atoms with Crippen LogP contribution in [-0.4, -0.2) is 52.5 Å². The average molecular weight is 324 g/mol. The first kappa shape index (κ1) is 17.0. The van der Waals surface area contributed by atoms with Crippen molar-refractivity contribution < 1.29 is 14.6 Å². The van der Waals surface area contributed by atoms with Gasteiger partial charge < -0.3 is 20.1 Å².